The minimum absolute atomic E-state index is 0.0629. The first-order valence-electron chi connectivity index (χ1n) is 8.00. The number of para-hydroxylation sites is 1. The van der Waals surface area contributed by atoms with E-state index in [2.05, 4.69) is 5.16 Å². The van der Waals surface area contributed by atoms with Crippen LogP contribution >= 0.6 is 23.2 Å². The van der Waals surface area contributed by atoms with E-state index in [0.29, 0.717) is 11.3 Å². The predicted molar refractivity (Wildman–Crippen MR) is 107 cm³/mol. The van der Waals surface area contributed by atoms with Crippen LogP contribution in [0.15, 0.2) is 52.1 Å². The molecule has 0 aliphatic carbocycles. The third-order valence-corrected chi connectivity index (χ3v) is 3.93. The molecule has 5 nitrogen and oxygen atoms in total. The molecule has 0 fully saturated rings. The largest absolute Gasteiger partial charge is 0.488 e. The van der Waals surface area contributed by atoms with Gasteiger partial charge in [0.25, 0.3) is 0 Å². The summed E-state index contributed by atoms with van der Waals surface area (Å²) in [6.07, 6.45) is 1.61. The molecule has 2 rings (SSSR count). The fraction of sp³-hybridized carbons (Fsp3) is 0.200. The zero-order chi connectivity index (χ0) is 19.8. The van der Waals surface area contributed by atoms with Crippen molar-refractivity contribution in [2.24, 2.45) is 5.16 Å². The monoisotopic (exact) mass is 407 g/mol. The number of halogens is 2. The molecule has 0 saturated carbocycles. The van der Waals surface area contributed by atoms with Crippen LogP contribution in [-0.4, -0.2) is 25.9 Å². The van der Waals surface area contributed by atoms with E-state index in [4.69, 9.17) is 37.5 Å². The Morgan fingerprint density at radius 1 is 1.11 bits per heavy atom. The van der Waals surface area contributed by atoms with Crippen molar-refractivity contribution < 1.29 is 19.1 Å². The summed E-state index contributed by atoms with van der Waals surface area (Å²) in [5.74, 6) is 0.0483. The van der Waals surface area contributed by atoms with E-state index in [1.807, 2.05) is 37.3 Å². The molecule has 0 radical (unpaired) electrons. The SMILES string of the molecule is CON=C(C(=O)OC)c1ccccc1COc1c(C)cccc1C=C(Cl)Cl. The Hall–Kier alpha value is -2.50. The summed E-state index contributed by atoms with van der Waals surface area (Å²) in [7, 11) is 2.65. The molecular weight excluding hydrogens is 389 g/mol. The van der Waals surface area contributed by atoms with Crippen LogP contribution in [0.5, 0.6) is 5.75 Å². The van der Waals surface area contributed by atoms with Crippen molar-refractivity contribution in [2.45, 2.75) is 13.5 Å². The van der Waals surface area contributed by atoms with Crippen LogP contribution in [0.25, 0.3) is 6.08 Å². The Morgan fingerprint density at radius 3 is 2.52 bits per heavy atom. The summed E-state index contributed by atoms with van der Waals surface area (Å²) < 4.78 is 10.9. The van der Waals surface area contributed by atoms with Gasteiger partial charge in [0.05, 0.1) is 7.11 Å². The van der Waals surface area contributed by atoms with E-state index < -0.39 is 5.97 Å². The van der Waals surface area contributed by atoms with Gasteiger partial charge < -0.3 is 14.3 Å². The molecule has 0 aromatic heterocycles. The van der Waals surface area contributed by atoms with Crippen molar-refractivity contribution in [3.63, 3.8) is 0 Å². The molecule has 0 aliphatic rings. The summed E-state index contributed by atoms with van der Waals surface area (Å²) in [6.45, 7) is 2.12. The summed E-state index contributed by atoms with van der Waals surface area (Å²) >= 11 is 11.6. The van der Waals surface area contributed by atoms with Crippen LogP contribution in [0.1, 0.15) is 22.3 Å². The smallest absolute Gasteiger partial charge is 0.360 e. The van der Waals surface area contributed by atoms with Crippen LogP contribution in [0.2, 0.25) is 0 Å². The lowest BCUT2D eigenvalue weighted by Gasteiger charge is -2.15. The third kappa shape index (κ3) is 5.49. The summed E-state index contributed by atoms with van der Waals surface area (Å²) in [4.78, 5) is 16.8. The van der Waals surface area contributed by atoms with Crippen molar-refractivity contribution >= 4 is 41.0 Å². The van der Waals surface area contributed by atoms with Crippen LogP contribution in [-0.2, 0) is 21.0 Å². The average molecular weight is 408 g/mol. The number of ether oxygens (including phenoxy) is 2. The Kier molecular flexibility index (Phi) is 7.70. The highest BCUT2D eigenvalue weighted by Crippen LogP contribution is 2.28. The van der Waals surface area contributed by atoms with Gasteiger partial charge in [0.2, 0.25) is 0 Å². The third-order valence-electron chi connectivity index (χ3n) is 3.71. The molecule has 0 bridgehead atoms. The van der Waals surface area contributed by atoms with Crippen LogP contribution in [0.3, 0.4) is 0 Å². The van der Waals surface area contributed by atoms with Gasteiger partial charge >= 0.3 is 5.97 Å². The molecule has 27 heavy (non-hydrogen) atoms. The van der Waals surface area contributed by atoms with Crippen LogP contribution < -0.4 is 4.74 Å². The Bertz CT molecular complexity index is 874. The molecule has 0 saturated heterocycles. The van der Waals surface area contributed by atoms with Crippen molar-refractivity contribution in [3.05, 3.63) is 69.2 Å². The summed E-state index contributed by atoms with van der Waals surface area (Å²) in [5.41, 5.74) is 3.05. The molecule has 2 aromatic rings. The highest BCUT2D eigenvalue weighted by Gasteiger charge is 2.19. The molecule has 7 heteroatoms. The normalized spacial score (nSPS) is 10.9. The van der Waals surface area contributed by atoms with E-state index in [9.17, 15) is 4.79 Å². The number of nitrogens with zero attached hydrogens (tertiary/aromatic N) is 1. The maximum atomic E-state index is 12.0. The molecule has 142 valence electrons. The number of carbonyl (C=O) groups is 1. The van der Waals surface area contributed by atoms with Gasteiger partial charge in [-0.25, -0.2) is 4.79 Å². The van der Waals surface area contributed by atoms with Crippen LogP contribution in [0.4, 0.5) is 0 Å². The van der Waals surface area contributed by atoms with Crippen molar-refractivity contribution in [2.75, 3.05) is 14.2 Å². The van der Waals surface area contributed by atoms with Gasteiger partial charge in [0.15, 0.2) is 5.71 Å². The van der Waals surface area contributed by atoms with Crippen molar-refractivity contribution in [1.82, 2.24) is 0 Å². The minimum Gasteiger partial charge on any atom is -0.488 e. The topological polar surface area (TPSA) is 57.1 Å². The number of esters is 1. The van der Waals surface area contributed by atoms with Crippen molar-refractivity contribution in [1.29, 1.82) is 0 Å². The quantitative estimate of drug-likeness (QED) is 0.373. The standard InChI is InChI=1S/C20H19Cl2NO4/c1-13-7-6-9-14(11-17(21)22)19(13)27-12-15-8-4-5-10-16(15)18(23-26-3)20(24)25-2/h4-11H,12H2,1-3H3. The van der Waals surface area contributed by atoms with Crippen LogP contribution in [0, 0.1) is 6.92 Å². The number of hydrogen-bond acceptors (Lipinski definition) is 5. The number of carbonyl (C=O) groups excluding carboxylic acids is 1. The molecule has 0 spiro atoms. The van der Waals surface area contributed by atoms with Gasteiger partial charge in [0.1, 0.15) is 24.0 Å². The van der Waals surface area contributed by atoms with Gasteiger partial charge in [-0.3, -0.25) is 0 Å². The van der Waals surface area contributed by atoms with Crippen molar-refractivity contribution in [3.8, 4) is 5.75 Å². The average Bonchev–Trinajstić information content (AvgIpc) is 2.65. The van der Waals surface area contributed by atoms with Gasteiger partial charge in [-0.2, -0.15) is 0 Å². The van der Waals surface area contributed by atoms with E-state index >= 15 is 0 Å². The molecule has 2 aromatic carbocycles. The zero-order valence-electron chi connectivity index (χ0n) is 15.2. The molecule has 0 atom stereocenters. The summed E-state index contributed by atoms with van der Waals surface area (Å²) in [6, 6.07) is 12.9. The highest BCUT2D eigenvalue weighted by molar-refractivity contribution is 6.57. The number of methoxy groups -OCH3 is 1. The molecule has 0 N–H and O–H groups in total. The molecule has 0 unspecified atom stereocenters. The molecule has 0 amide bonds. The van der Waals surface area contributed by atoms with Gasteiger partial charge in [-0.15, -0.1) is 0 Å². The first-order chi connectivity index (χ1) is 13.0. The van der Waals surface area contributed by atoms with Gasteiger partial charge in [0, 0.05) is 11.1 Å². The highest BCUT2D eigenvalue weighted by atomic mass is 35.5. The fourth-order valence-corrected chi connectivity index (χ4v) is 2.75. The van der Waals surface area contributed by atoms with Gasteiger partial charge in [-0.05, 0) is 24.1 Å². The maximum Gasteiger partial charge on any atom is 0.360 e. The Balaban J connectivity index is 2.37. The summed E-state index contributed by atoms with van der Waals surface area (Å²) in [5, 5.41) is 3.80. The second-order valence-corrected chi connectivity index (χ2v) is 6.49. The van der Waals surface area contributed by atoms with E-state index in [-0.39, 0.29) is 16.8 Å². The Labute approximate surface area is 168 Å². The number of hydrogen-bond donors (Lipinski definition) is 0. The first kappa shape index (κ1) is 20.8. The van der Waals surface area contributed by atoms with E-state index in [1.165, 1.54) is 14.2 Å². The second kappa shape index (κ2) is 10.00. The molecule has 0 aliphatic heterocycles. The lowest BCUT2D eigenvalue weighted by atomic mass is 10.0. The van der Waals surface area contributed by atoms with E-state index in [0.717, 1.165) is 16.7 Å². The second-order valence-electron chi connectivity index (χ2n) is 5.49. The lowest BCUT2D eigenvalue weighted by molar-refractivity contribution is -0.132. The zero-order valence-corrected chi connectivity index (χ0v) is 16.7. The number of benzene rings is 2. The fourth-order valence-electron chi connectivity index (χ4n) is 2.52. The number of rotatable bonds is 7. The predicted octanol–water partition coefficient (Wildman–Crippen LogP) is 4.87. The number of oxime groups is 1. The lowest BCUT2D eigenvalue weighted by Crippen LogP contribution is -2.20. The minimum atomic E-state index is -0.599. The first-order valence-corrected chi connectivity index (χ1v) is 8.76. The van der Waals surface area contributed by atoms with E-state index in [1.54, 1.807) is 18.2 Å². The molecule has 0 heterocycles. The molecular formula is C20H19Cl2NO4. The Morgan fingerprint density at radius 2 is 1.85 bits per heavy atom. The maximum absolute atomic E-state index is 12.0. The number of aryl methyl sites for hydroxylation is 1. The van der Waals surface area contributed by atoms with Gasteiger partial charge in [-0.1, -0.05) is 70.8 Å².